The third-order valence-electron chi connectivity index (χ3n) is 1.73. The summed E-state index contributed by atoms with van der Waals surface area (Å²) < 4.78 is 40.1. The first-order chi connectivity index (χ1) is 7.45. The SMILES string of the molecule is CCCCOC(=O)CSCCCC(F)(F)F. The Balaban J connectivity index is 3.28. The number of esters is 1. The third-order valence-corrected chi connectivity index (χ3v) is 2.75. The van der Waals surface area contributed by atoms with Gasteiger partial charge in [-0.15, -0.1) is 0 Å². The van der Waals surface area contributed by atoms with E-state index in [1.54, 1.807) is 0 Å². The predicted molar refractivity (Wildman–Crippen MR) is 58.5 cm³/mol. The lowest BCUT2D eigenvalue weighted by atomic mass is 10.3. The number of hydrogen-bond donors (Lipinski definition) is 0. The summed E-state index contributed by atoms with van der Waals surface area (Å²) in [6, 6.07) is 0. The smallest absolute Gasteiger partial charge is 0.389 e. The molecule has 96 valence electrons. The van der Waals surface area contributed by atoms with Crippen LogP contribution in [-0.2, 0) is 9.53 Å². The van der Waals surface area contributed by atoms with Crippen molar-refractivity contribution in [1.29, 1.82) is 0 Å². The molecule has 0 bridgehead atoms. The Morgan fingerprint density at radius 2 is 2.00 bits per heavy atom. The Morgan fingerprint density at radius 3 is 2.56 bits per heavy atom. The van der Waals surface area contributed by atoms with Crippen molar-refractivity contribution in [3.63, 3.8) is 0 Å². The standard InChI is InChI=1S/C10H17F3O2S/c1-2-3-6-15-9(14)8-16-7-4-5-10(11,12)13/h2-8H2,1H3. The predicted octanol–water partition coefficient (Wildman–Crippen LogP) is 3.41. The summed E-state index contributed by atoms with van der Waals surface area (Å²) in [6.45, 7) is 2.39. The van der Waals surface area contributed by atoms with Crippen molar-refractivity contribution >= 4 is 17.7 Å². The maximum Gasteiger partial charge on any atom is 0.389 e. The van der Waals surface area contributed by atoms with Gasteiger partial charge in [-0.2, -0.15) is 24.9 Å². The molecule has 0 aromatic rings. The zero-order valence-corrected chi connectivity index (χ0v) is 10.1. The summed E-state index contributed by atoms with van der Waals surface area (Å²) in [4.78, 5) is 11.0. The quantitative estimate of drug-likeness (QED) is 0.493. The van der Waals surface area contributed by atoms with Gasteiger partial charge in [0.15, 0.2) is 0 Å². The molecule has 0 aliphatic rings. The summed E-state index contributed by atoms with van der Waals surface area (Å²) in [5.41, 5.74) is 0. The van der Waals surface area contributed by atoms with Gasteiger partial charge in [-0.05, 0) is 18.6 Å². The van der Waals surface area contributed by atoms with Gasteiger partial charge >= 0.3 is 12.1 Å². The highest BCUT2D eigenvalue weighted by molar-refractivity contribution is 7.99. The van der Waals surface area contributed by atoms with Gasteiger partial charge in [-0.1, -0.05) is 13.3 Å². The van der Waals surface area contributed by atoms with Gasteiger partial charge in [0.25, 0.3) is 0 Å². The lowest BCUT2D eigenvalue weighted by Gasteiger charge is -2.06. The van der Waals surface area contributed by atoms with Gasteiger partial charge in [0, 0.05) is 6.42 Å². The topological polar surface area (TPSA) is 26.3 Å². The van der Waals surface area contributed by atoms with E-state index in [4.69, 9.17) is 4.74 Å². The van der Waals surface area contributed by atoms with Crippen molar-refractivity contribution in [2.75, 3.05) is 18.1 Å². The van der Waals surface area contributed by atoms with E-state index in [9.17, 15) is 18.0 Å². The number of alkyl halides is 3. The Hall–Kier alpha value is -0.390. The molecule has 0 aromatic heterocycles. The van der Waals surface area contributed by atoms with E-state index < -0.39 is 12.6 Å². The van der Waals surface area contributed by atoms with Crippen molar-refractivity contribution in [1.82, 2.24) is 0 Å². The molecular formula is C10H17F3O2S. The minimum absolute atomic E-state index is 0.0520. The lowest BCUT2D eigenvalue weighted by Crippen LogP contribution is -2.10. The van der Waals surface area contributed by atoms with Crippen LogP contribution in [0.25, 0.3) is 0 Å². The normalized spacial score (nSPS) is 11.5. The monoisotopic (exact) mass is 258 g/mol. The van der Waals surface area contributed by atoms with Crippen LogP contribution < -0.4 is 0 Å². The molecule has 0 aliphatic heterocycles. The number of thioether (sulfide) groups is 1. The Kier molecular flexibility index (Phi) is 8.51. The largest absolute Gasteiger partial charge is 0.465 e. The van der Waals surface area contributed by atoms with Gasteiger partial charge < -0.3 is 4.74 Å². The molecule has 0 amide bonds. The average Bonchev–Trinajstić information content (AvgIpc) is 2.16. The maximum absolute atomic E-state index is 11.7. The minimum atomic E-state index is -4.10. The summed E-state index contributed by atoms with van der Waals surface area (Å²) in [5.74, 6) is 0.134. The highest BCUT2D eigenvalue weighted by Crippen LogP contribution is 2.22. The number of halogens is 3. The van der Waals surface area contributed by atoms with Gasteiger partial charge in [-0.3, -0.25) is 4.79 Å². The fourth-order valence-corrected chi connectivity index (χ4v) is 1.64. The first-order valence-electron chi connectivity index (χ1n) is 5.26. The van der Waals surface area contributed by atoms with Crippen molar-refractivity contribution in [2.45, 2.75) is 38.8 Å². The molecule has 0 heterocycles. The molecule has 0 aromatic carbocycles. The van der Waals surface area contributed by atoms with Crippen LogP contribution in [0, 0.1) is 0 Å². The van der Waals surface area contributed by atoms with Crippen LogP contribution in [0.3, 0.4) is 0 Å². The molecule has 0 radical (unpaired) electrons. The van der Waals surface area contributed by atoms with Crippen molar-refractivity contribution in [3.8, 4) is 0 Å². The summed E-state index contributed by atoms with van der Waals surface area (Å²) in [6.07, 6.45) is -3.06. The highest BCUT2D eigenvalue weighted by Gasteiger charge is 2.25. The second-order valence-corrected chi connectivity index (χ2v) is 4.45. The zero-order chi connectivity index (χ0) is 12.4. The van der Waals surface area contributed by atoms with Gasteiger partial charge in [0.2, 0.25) is 0 Å². The van der Waals surface area contributed by atoms with E-state index in [2.05, 4.69) is 0 Å². The molecule has 2 nitrogen and oxygen atoms in total. The van der Waals surface area contributed by atoms with E-state index in [1.165, 1.54) is 11.8 Å². The number of carbonyl (C=O) groups is 1. The molecule has 0 atom stereocenters. The van der Waals surface area contributed by atoms with E-state index in [1.807, 2.05) is 6.92 Å². The van der Waals surface area contributed by atoms with Crippen molar-refractivity contribution < 1.29 is 22.7 Å². The summed E-state index contributed by atoms with van der Waals surface area (Å²) >= 11 is 1.19. The molecular weight excluding hydrogens is 241 g/mol. The molecule has 0 spiro atoms. The van der Waals surface area contributed by atoms with E-state index >= 15 is 0 Å². The second kappa shape index (κ2) is 8.73. The molecule has 0 fully saturated rings. The van der Waals surface area contributed by atoms with E-state index in [0.29, 0.717) is 12.4 Å². The second-order valence-electron chi connectivity index (χ2n) is 3.35. The fraction of sp³-hybridized carbons (Fsp3) is 0.900. The molecule has 0 aliphatic carbocycles. The van der Waals surface area contributed by atoms with E-state index in [-0.39, 0.29) is 18.1 Å². The third kappa shape index (κ3) is 11.7. The van der Waals surface area contributed by atoms with Crippen LogP contribution in [-0.4, -0.2) is 30.3 Å². The van der Waals surface area contributed by atoms with Crippen molar-refractivity contribution in [3.05, 3.63) is 0 Å². The molecule has 6 heteroatoms. The van der Waals surface area contributed by atoms with Crippen LogP contribution in [0.4, 0.5) is 13.2 Å². The lowest BCUT2D eigenvalue weighted by molar-refractivity contribution is -0.140. The summed E-state index contributed by atoms with van der Waals surface area (Å²) in [7, 11) is 0. The summed E-state index contributed by atoms with van der Waals surface area (Å²) in [5, 5.41) is 0. The number of ether oxygens (including phenoxy) is 1. The van der Waals surface area contributed by atoms with Crippen molar-refractivity contribution in [2.24, 2.45) is 0 Å². The highest BCUT2D eigenvalue weighted by atomic mass is 32.2. The Bertz CT molecular complexity index is 195. The molecule has 0 unspecified atom stereocenters. The molecule has 0 saturated carbocycles. The maximum atomic E-state index is 11.7. The number of rotatable bonds is 8. The van der Waals surface area contributed by atoms with Crippen LogP contribution in [0.1, 0.15) is 32.6 Å². The van der Waals surface area contributed by atoms with Crippen LogP contribution in [0.15, 0.2) is 0 Å². The van der Waals surface area contributed by atoms with Crippen LogP contribution >= 0.6 is 11.8 Å². The van der Waals surface area contributed by atoms with Crippen LogP contribution in [0.2, 0.25) is 0 Å². The average molecular weight is 258 g/mol. The molecule has 16 heavy (non-hydrogen) atoms. The Labute approximate surface area is 97.9 Å². The first-order valence-corrected chi connectivity index (χ1v) is 6.41. The molecule has 0 rings (SSSR count). The zero-order valence-electron chi connectivity index (χ0n) is 9.31. The Morgan fingerprint density at radius 1 is 1.31 bits per heavy atom. The number of hydrogen-bond acceptors (Lipinski definition) is 3. The van der Waals surface area contributed by atoms with Gasteiger partial charge in [0.1, 0.15) is 0 Å². The number of unbranched alkanes of at least 4 members (excludes halogenated alkanes) is 1. The molecule has 0 saturated heterocycles. The van der Waals surface area contributed by atoms with Gasteiger partial charge in [-0.25, -0.2) is 0 Å². The van der Waals surface area contributed by atoms with E-state index in [0.717, 1.165) is 12.8 Å². The molecule has 0 N–H and O–H groups in total. The minimum Gasteiger partial charge on any atom is -0.465 e. The number of carbonyl (C=O) groups excluding carboxylic acids is 1. The first kappa shape index (κ1) is 15.6. The fourth-order valence-electron chi connectivity index (χ4n) is 0.902. The van der Waals surface area contributed by atoms with Gasteiger partial charge in [0.05, 0.1) is 12.4 Å². The van der Waals surface area contributed by atoms with Crippen LogP contribution in [0.5, 0.6) is 0 Å².